The smallest absolute Gasteiger partial charge is 0.341 e. The van der Waals surface area contributed by atoms with Gasteiger partial charge in [0.2, 0.25) is 5.91 Å². The summed E-state index contributed by atoms with van der Waals surface area (Å²) in [6, 6.07) is 3.20. The molecule has 6 heteroatoms. The van der Waals surface area contributed by atoms with E-state index in [4.69, 9.17) is 16.3 Å². The lowest BCUT2D eigenvalue weighted by Crippen LogP contribution is -2.36. The molecule has 0 aliphatic carbocycles. The minimum absolute atomic E-state index is 0.196. The number of methoxy groups -OCH3 is 1. The van der Waals surface area contributed by atoms with Gasteiger partial charge in [-0.15, -0.1) is 0 Å². The van der Waals surface area contributed by atoms with Crippen molar-refractivity contribution >= 4 is 23.5 Å². The zero-order valence-electron chi connectivity index (χ0n) is 9.95. The van der Waals surface area contributed by atoms with Crippen LogP contribution in [0.4, 0.5) is 0 Å². The molecule has 1 aromatic carbocycles. The molecular formula is C12H12ClNO4. The number of benzene rings is 1. The molecule has 1 unspecified atom stereocenters. The summed E-state index contributed by atoms with van der Waals surface area (Å²) in [7, 11) is 1.29. The summed E-state index contributed by atoms with van der Waals surface area (Å²) < 4.78 is 10.2. The summed E-state index contributed by atoms with van der Waals surface area (Å²) in [6.45, 7) is 1.40. The number of carbonyl (C=O) groups excluding carboxylic acids is 2. The summed E-state index contributed by atoms with van der Waals surface area (Å²) in [5.41, 5.74) is 1.05. The van der Waals surface area contributed by atoms with Crippen LogP contribution in [-0.2, 0) is 16.0 Å². The Kier molecular flexibility index (Phi) is 3.43. The quantitative estimate of drug-likeness (QED) is 0.827. The van der Waals surface area contributed by atoms with Gasteiger partial charge in [-0.3, -0.25) is 4.79 Å². The van der Waals surface area contributed by atoms with E-state index < -0.39 is 12.2 Å². The van der Waals surface area contributed by atoms with Crippen LogP contribution >= 0.6 is 11.6 Å². The lowest BCUT2D eigenvalue weighted by Gasteiger charge is -2.12. The maximum absolute atomic E-state index is 11.6. The zero-order chi connectivity index (χ0) is 13.3. The van der Waals surface area contributed by atoms with Crippen LogP contribution in [0.25, 0.3) is 0 Å². The predicted octanol–water partition coefficient (Wildman–Crippen LogP) is 1.52. The van der Waals surface area contributed by atoms with Gasteiger partial charge in [0, 0.05) is 23.9 Å². The molecule has 18 heavy (non-hydrogen) atoms. The first kappa shape index (κ1) is 12.7. The Morgan fingerprint density at radius 3 is 2.83 bits per heavy atom. The fraction of sp³-hybridized carbons (Fsp3) is 0.333. The maximum Gasteiger partial charge on any atom is 0.341 e. The number of esters is 1. The SMILES string of the molecule is COC(=O)c1cc(Cl)cc2c1OC(NC(C)=O)C2. The summed E-state index contributed by atoms with van der Waals surface area (Å²) in [4.78, 5) is 22.6. The Balaban J connectivity index is 2.33. The van der Waals surface area contributed by atoms with E-state index in [0.29, 0.717) is 17.2 Å². The zero-order valence-corrected chi connectivity index (χ0v) is 10.7. The molecule has 96 valence electrons. The topological polar surface area (TPSA) is 64.6 Å². The molecule has 1 aromatic rings. The van der Waals surface area contributed by atoms with E-state index in [2.05, 4.69) is 10.1 Å². The van der Waals surface area contributed by atoms with Gasteiger partial charge in [0.05, 0.1) is 7.11 Å². The molecule has 1 amide bonds. The minimum atomic E-state index is -0.516. The van der Waals surface area contributed by atoms with Crippen LogP contribution < -0.4 is 10.1 Å². The molecule has 1 aliphatic heterocycles. The fourth-order valence-corrected chi connectivity index (χ4v) is 2.13. The van der Waals surface area contributed by atoms with Gasteiger partial charge in [0.25, 0.3) is 0 Å². The third kappa shape index (κ3) is 2.41. The van der Waals surface area contributed by atoms with Crippen molar-refractivity contribution < 1.29 is 19.1 Å². The van der Waals surface area contributed by atoms with Gasteiger partial charge >= 0.3 is 5.97 Å². The van der Waals surface area contributed by atoms with Crippen LogP contribution in [0, 0.1) is 0 Å². The Bertz CT molecular complexity index is 515. The first-order valence-electron chi connectivity index (χ1n) is 5.35. The first-order valence-corrected chi connectivity index (χ1v) is 5.73. The Morgan fingerprint density at radius 1 is 1.50 bits per heavy atom. The van der Waals surface area contributed by atoms with Gasteiger partial charge in [0.15, 0.2) is 6.23 Å². The Hall–Kier alpha value is -1.75. The van der Waals surface area contributed by atoms with Crippen molar-refractivity contribution in [2.45, 2.75) is 19.6 Å². The van der Waals surface area contributed by atoms with Crippen LogP contribution in [0.1, 0.15) is 22.8 Å². The number of rotatable bonds is 2. The standard InChI is InChI=1S/C12H12ClNO4/c1-6(15)14-10-4-7-3-8(13)5-9(11(7)18-10)12(16)17-2/h3,5,10H,4H2,1-2H3,(H,14,15). The molecule has 0 bridgehead atoms. The number of fused-ring (bicyclic) bond motifs is 1. The molecule has 0 saturated heterocycles. The van der Waals surface area contributed by atoms with Crippen molar-refractivity contribution in [2.75, 3.05) is 7.11 Å². The molecule has 1 heterocycles. The molecule has 1 N–H and O–H groups in total. The van der Waals surface area contributed by atoms with E-state index in [0.717, 1.165) is 5.56 Å². The molecule has 2 rings (SSSR count). The van der Waals surface area contributed by atoms with Gasteiger partial charge in [-0.25, -0.2) is 4.79 Å². The number of hydrogen-bond donors (Lipinski definition) is 1. The summed E-state index contributed by atoms with van der Waals surface area (Å²) >= 11 is 5.93. The highest BCUT2D eigenvalue weighted by Gasteiger charge is 2.29. The molecule has 1 aliphatic rings. The van der Waals surface area contributed by atoms with E-state index >= 15 is 0 Å². The van der Waals surface area contributed by atoms with Gasteiger partial charge in [0.1, 0.15) is 11.3 Å². The summed E-state index contributed by atoms with van der Waals surface area (Å²) in [5, 5.41) is 3.07. The average Bonchev–Trinajstić information content (AvgIpc) is 2.67. The molecule has 0 radical (unpaired) electrons. The minimum Gasteiger partial charge on any atom is -0.469 e. The van der Waals surface area contributed by atoms with Gasteiger partial charge in [-0.2, -0.15) is 0 Å². The maximum atomic E-state index is 11.6. The second kappa shape index (κ2) is 4.86. The van der Waals surface area contributed by atoms with E-state index in [1.165, 1.54) is 20.1 Å². The lowest BCUT2D eigenvalue weighted by molar-refractivity contribution is -0.121. The Labute approximate surface area is 109 Å². The van der Waals surface area contributed by atoms with Gasteiger partial charge in [-0.1, -0.05) is 11.6 Å². The molecule has 0 fully saturated rings. The summed E-state index contributed by atoms with van der Waals surface area (Å²) in [6.07, 6.45) is -0.00111. The number of carbonyl (C=O) groups is 2. The third-order valence-corrected chi connectivity index (χ3v) is 2.78. The highest BCUT2D eigenvalue weighted by atomic mass is 35.5. The van der Waals surface area contributed by atoms with Crippen molar-refractivity contribution in [3.05, 3.63) is 28.3 Å². The highest BCUT2D eigenvalue weighted by Crippen LogP contribution is 2.35. The average molecular weight is 270 g/mol. The lowest BCUT2D eigenvalue weighted by atomic mass is 10.1. The first-order chi connectivity index (χ1) is 8.51. The summed E-state index contributed by atoms with van der Waals surface area (Å²) in [5.74, 6) is -0.291. The van der Waals surface area contributed by atoms with Crippen LogP contribution in [0.3, 0.4) is 0 Å². The van der Waals surface area contributed by atoms with Crippen molar-refractivity contribution in [1.82, 2.24) is 5.32 Å². The van der Waals surface area contributed by atoms with E-state index in [-0.39, 0.29) is 11.5 Å². The van der Waals surface area contributed by atoms with Crippen LogP contribution in [0.2, 0.25) is 5.02 Å². The largest absolute Gasteiger partial charge is 0.469 e. The van der Waals surface area contributed by atoms with Crippen molar-refractivity contribution in [3.8, 4) is 5.75 Å². The van der Waals surface area contributed by atoms with E-state index in [1.54, 1.807) is 6.07 Å². The number of nitrogens with one attached hydrogen (secondary N) is 1. The predicted molar refractivity (Wildman–Crippen MR) is 64.7 cm³/mol. The molecule has 1 atom stereocenters. The second-order valence-electron chi connectivity index (χ2n) is 3.94. The van der Waals surface area contributed by atoms with Gasteiger partial charge < -0.3 is 14.8 Å². The van der Waals surface area contributed by atoms with Crippen molar-refractivity contribution in [1.29, 1.82) is 0 Å². The van der Waals surface area contributed by atoms with Crippen molar-refractivity contribution in [3.63, 3.8) is 0 Å². The van der Waals surface area contributed by atoms with Crippen LogP contribution in [-0.4, -0.2) is 25.2 Å². The van der Waals surface area contributed by atoms with Gasteiger partial charge in [-0.05, 0) is 12.1 Å². The number of hydrogen-bond acceptors (Lipinski definition) is 4. The highest BCUT2D eigenvalue weighted by molar-refractivity contribution is 6.31. The third-order valence-electron chi connectivity index (χ3n) is 2.57. The molecule has 0 aromatic heterocycles. The fourth-order valence-electron chi connectivity index (χ4n) is 1.89. The monoisotopic (exact) mass is 269 g/mol. The molecule has 0 saturated carbocycles. The second-order valence-corrected chi connectivity index (χ2v) is 4.38. The van der Waals surface area contributed by atoms with Crippen LogP contribution in [0.15, 0.2) is 12.1 Å². The molecule has 0 spiro atoms. The molecule has 5 nitrogen and oxygen atoms in total. The van der Waals surface area contributed by atoms with E-state index in [1.807, 2.05) is 0 Å². The Morgan fingerprint density at radius 2 is 2.22 bits per heavy atom. The number of amides is 1. The van der Waals surface area contributed by atoms with Crippen LogP contribution in [0.5, 0.6) is 5.75 Å². The normalized spacial score (nSPS) is 16.7. The van der Waals surface area contributed by atoms with Crippen molar-refractivity contribution in [2.24, 2.45) is 0 Å². The van der Waals surface area contributed by atoms with E-state index in [9.17, 15) is 9.59 Å². The molecular weight excluding hydrogens is 258 g/mol. The number of ether oxygens (including phenoxy) is 2. The number of halogens is 1.